The average Bonchev–Trinajstić information content (AvgIpc) is 2.47. The van der Waals surface area contributed by atoms with Crippen molar-refractivity contribution < 1.29 is 18.1 Å². The van der Waals surface area contributed by atoms with Gasteiger partial charge in [0, 0.05) is 0 Å². The monoisotopic (exact) mass is 326 g/mol. The molecule has 0 N–H and O–H groups in total. The van der Waals surface area contributed by atoms with Crippen LogP contribution >= 0.6 is 11.6 Å². The molecule has 1 atom stereocenters. The Labute approximate surface area is 129 Å². The molecule has 0 radical (unpaired) electrons. The second kappa shape index (κ2) is 6.83. The van der Waals surface area contributed by atoms with Crippen molar-refractivity contribution in [3.8, 4) is 0 Å². The molecule has 1 unspecified atom stereocenters. The molecular weight excluding hydrogens is 315 g/mol. The van der Waals surface area contributed by atoms with Crippen molar-refractivity contribution in [2.24, 2.45) is 0 Å². The molecule has 6 heteroatoms. The summed E-state index contributed by atoms with van der Waals surface area (Å²) in [7, 11) is -0.205. The van der Waals surface area contributed by atoms with Crippen LogP contribution in [0.3, 0.4) is 0 Å². The minimum Gasteiger partial charge on any atom is -0.465 e. The maximum absolute atomic E-state index is 13.8. The first kappa shape index (κ1) is 15.7. The van der Waals surface area contributed by atoms with E-state index in [1.165, 1.54) is 19.2 Å². The normalized spacial score (nSPS) is 12.0. The summed E-state index contributed by atoms with van der Waals surface area (Å²) in [5.41, 5.74) is 0.364. The highest BCUT2D eigenvalue weighted by Gasteiger charge is 2.14. The Morgan fingerprint density at radius 2 is 2.00 bits per heavy atom. The molecule has 0 aliphatic rings. The van der Waals surface area contributed by atoms with Gasteiger partial charge < -0.3 is 4.74 Å². The molecule has 0 aromatic heterocycles. The van der Waals surface area contributed by atoms with E-state index in [1.807, 2.05) is 0 Å². The van der Waals surface area contributed by atoms with Crippen molar-refractivity contribution in [2.75, 3.05) is 7.11 Å². The van der Waals surface area contributed by atoms with Gasteiger partial charge in [-0.1, -0.05) is 29.8 Å². The molecule has 110 valence electrons. The number of hydrogen-bond donors (Lipinski definition) is 0. The third-order valence-electron chi connectivity index (χ3n) is 2.82. The van der Waals surface area contributed by atoms with Crippen LogP contribution < -0.4 is 0 Å². The second-order valence-electron chi connectivity index (χ2n) is 4.23. The van der Waals surface area contributed by atoms with E-state index in [9.17, 15) is 13.4 Å². The van der Waals surface area contributed by atoms with Crippen LogP contribution in [0.25, 0.3) is 0 Å². The largest absolute Gasteiger partial charge is 0.465 e. The van der Waals surface area contributed by atoms with Gasteiger partial charge in [-0.2, -0.15) is 0 Å². The van der Waals surface area contributed by atoms with E-state index >= 15 is 0 Å². The highest BCUT2D eigenvalue weighted by molar-refractivity contribution is 7.84. The van der Waals surface area contributed by atoms with E-state index in [0.717, 1.165) is 0 Å². The molecular formula is C15H12ClFO3S. The van der Waals surface area contributed by atoms with Gasteiger partial charge in [-0.05, 0) is 29.8 Å². The summed E-state index contributed by atoms with van der Waals surface area (Å²) in [5, 5.41) is 0.405. The number of esters is 1. The Bertz CT molecular complexity index is 703. The SMILES string of the molecule is COC(=O)c1ccc(CS(=O)c2ccccc2Cl)cc1F. The predicted octanol–water partition coefficient (Wildman–Crippen LogP) is 3.57. The number of carbonyl (C=O) groups is 1. The van der Waals surface area contributed by atoms with Crippen molar-refractivity contribution in [1.82, 2.24) is 0 Å². The van der Waals surface area contributed by atoms with E-state index in [0.29, 0.717) is 15.5 Å². The van der Waals surface area contributed by atoms with Crippen LogP contribution in [0.15, 0.2) is 47.4 Å². The Hall–Kier alpha value is -1.72. The van der Waals surface area contributed by atoms with Gasteiger partial charge in [0.2, 0.25) is 0 Å². The van der Waals surface area contributed by atoms with Gasteiger partial charge in [0.05, 0.1) is 39.1 Å². The van der Waals surface area contributed by atoms with Crippen LogP contribution in [0.4, 0.5) is 4.39 Å². The molecule has 2 aromatic carbocycles. The van der Waals surface area contributed by atoms with Crippen molar-refractivity contribution in [3.63, 3.8) is 0 Å². The molecule has 21 heavy (non-hydrogen) atoms. The van der Waals surface area contributed by atoms with Crippen LogP contribution in [0, 0.1) is 5.82 Å². The van der Waals surface area contributed by atoms with Crippen LogP contribution in [0.2, 0.25) is 5.02 Å². The van der Waals surface area contributed by atoms with E-state index < -0.39 is 22.6 Å². The van der Waals surface area contributed by atoms with Crippen LogP contribution in [-0.2, 0) is 21.3 Å². The predicted molar refractivity (Wildman–Crippen MR) is 79.3 cm³/mol. The molecule has 0 saturated heterocycles. The van der Waals surface area contributed by atoms with Crippen molar-refractivity contribution in [1.29, 1.82) is 0 Å². The molecule has 2 rings (SSSR count). The number of methoxy groups -OCH3 is 1. The number of hydrogen-bond acceptors (Lipinski definition) is 3. The Balaban J connectivity index is 2.21. The lowest BCUT2D eigenvalue weighted by Gasteiger charge is -2.06. The summed E-state index contributed by atoms with van der Waals surface area (Å²) in [6.07, 6.45) is 0. The fourth-order valence-electron chi connectivity index (χ4n) is 1.78. The van der Waals surface area contributed by atoms with Gasteiger partial charge in [0.25, 0.3) is 0 Å². The molecule has 0 heterocycles. The number of carbonyl (C=O) groups excluding carboxylic acids is 1. The molecule has 0 fully saturated rings. The molecule has 0 aliphatic carbocycles. The second-order valence-corrected chi connectivity index (χ2v) is 6.05. The quantitative estimate of drug-likeness (QED) is 0.807. The molecule has 2 aromatic rings. The summed E-state index contributed by atoms with van der Waals surface area (Å²) in [4.78, 5) is 11.8. The standard InChI is InChI=1S/C15H12ClFO3S/c1-20-15(18)11-7-6-10(8-13(11)17)9-21(19)14-5-3-2-4-12(14)16/h2-8H,9H2,1H3. The third-order valence-corrected chi connectivity index (χ3v) is 4.70. The summed E-state index contributed by atoms with van der Waals surface area (Å²) in [5.74, 6) is -1.33. The van der Waals surface area contributed by atoms with Crippen molar-refractivity contribution >= 4 is 28.4 Å². The van der Waals surface area contributed by atoms with E-state index in [2.05, 4.69) is 4.74 Å². The van der Waals surface area contributed by atoms with E-state index in [-0.39, 0.29) is 11.3 Å². The third kappa shape index (κ3) is 3.68. The Morgan fingerprint density at radius 3 is 2.62 bits per heavy atom. The van der Waals surface area contributed by atoms with Gasteiger partial charge in [-0.15, -0.1) is 0 Å². The van der Waals surface area contributed by atoms with Crippen LogP contribution in [0.5, 0.6) is 0 Å². The molecule has 0 spiro atoms. The summed E-state index contributed by atoms with van der Waals surface area (Å²) in [6.45, 7) is 0. The molecule has 0 saturated carbocycles. The lowest BCUT2D eigenvalue weighted by Crippen LogP contribution is -2.05. The molecule has 0 amide bonds. The number of ether oxygens (including phenoxy) is 1. The van der Waals surface area contributed by atoms with Gasteiger partial charge in [-0.3, -0.25) is 4.21 Å². The molecule has 0 bridgehead atoms. The molecule has 0 aliphatic heterocycles. The minimum absolute atomic E-state index is 0.113. The fraction of sp³-hybridized carbons (Fsp3) is 0.133. The molecule has 3 nitrogen and oxygen atoms in total. The van der Waals surface area contributed by atoms with Gasteiger partial charge >= 0.3 is 5.97 Å². The van der Waals surface area contributed by atoms with Gasteiger partial charge in [0.1, 0.15) is 5.82 Å². The average molecular weight is 327 g/mol. The number of rotatable bonds is 4. The first-order chi connectivity index (χ1) is 10.0. The maximum Gasteiger partial charge on any atom is 0.340 e. The number of halogens is 2. The number of benzene rings is 2. The summed E-state index contributed by atoms with van der Waals surface area (Å²) < 4.78 is 30.5. The highest BCUT2D eigenvalue weighted by Crippen LogP contribution is 2.22. The topological polar surface area (TPSA) is 43.4 Å². The van der Waals surface area contributed by atoms with E-state index in [1.54, 1.807) is 30.3 Å². The van der Waals surface area contributed by atoms with Gasteiger partial charge in [-0.25, -0.2) is 9.18 Å². The fourth-order valence-corrected chi connectivity index (χ4v) is 3.33. The smallest absolute Gasteiger partial charge is 0.340 e. The Kier molecular flexibility index (Phi) is 5.09. The van der Waals surface area contributed by atoms with Crippen LogP contribution in [-0.4, -0.2) is 17.3 Å². The maximum atomic E-state index is 13.8. The van der Waals surface area contributed by atoms with Crippen LogP contribution in [0.1, 0.15) is 15.9 Å². The zero-order valence-electron chi connectivity index (χ0n) is 11.1. The lowest BCUT2D eigenvalue weighted by atomic mass is 10.1. The van der Waals surface area contributed by atoms with Crippen molar-refractivity contribution in [3.05, 3.63) is 64.4 Å². The Morgan fingerprint density at radius 1 is 1.29 bits per heavy atom. The lowest BCUT2D eigenvalue weighted by molar-refractivity contribution is 0.0595. The zero-order valence-corrected chi connectivity index (χ0v) is 12.7. The van der Waals surface area contributed by atoms with Crippen molar-refractivity contribution in [2.45, 2.75) is 10.6 Å². The van der Waals surface area contributed by atoms with Gasteiger partial charge in [0.15, 0.2) is 0 Å². The first-order valence-corrected chi connectivity index (χ1v) is 7.72. The first-order valence-electron chi connectivity index (χ1n) is 6.02. The zero-order chi connectivity index (χ0) is 15.4. The summed E-state index contributed by atoms with van der Waals surface area (Å²) >= 11 is 5.97. The highest BCUT2D eigenvalue weighted by atomic mass is 35.5. The van der Waals surface area contributed by atoms with E-state index in [4.69, 9.17) is 11.6 Å². The summed E-state index contributed by atoms with van der Waals surface area (Å²) in [6, 6.07) is 10.8. The minimum atomic E-state index is -1.39.